The number of carbonyl (C=O) groups is 1. The normalized spacial score (nSPS) is 31.0. The van der Waals surface area contributed by atoms with Gasteiger partial charge in [0.1, 0.15) is 42.0 Å². The number of nitrogens with zero attached hydrogens (tertiary/aromatic N) is 4. The summed E-state index contributed by atoms with van der Waals surface area (Å²) in [5.74, 6) is 0.954. The lowest BCUT2D eigenvalue weighted by molar-refractivity contribution is -0.131. The molecular weight excluding hydrogens is 496 g/mol. The molecule has 7 rings (SSSR count). The number of aromatic nitrogens is 3. The molecule has 39 heavy (non-hydrogen) atoms. The van der Waals surface area contributed by atoms with Crippen molar-refractivity contribution >= 4 is 22.8 Å². The Kier molecular flexibility index (Phi) is 6.02. The molecule has 5 heterocycles. The highest BCUT2D eigenvalue weighted by atomic mass is 16.6. The highest BCUT2D eigenvalue weighted by Gasteiger charge is 2.47. The Balaban J connectivity index is 1.12. The van der Waals surface area contributed by atoms with E-state index in [0.717, 1.165) is 72.9 Å². The van der Waals surface area contributed by atoms with Crippen molar-refractivity contribution < 1.29 is 19.4 Å². The fourth-order valence-electron chi connectivity index (χ4n) is 7.24. The van der Waals surface area contributed by atoms with Crippen molar-refractivity contribution in [2.24, 2.45) is 11.7 Å². The number of rotatable bonds is 8. The van der Waals surface area contributed by atoms with Gasteiger partial charge in [0.2, 0.25) is 5.91 Å². The van der Waals surface area contributed by atoms with Crippen LogP contribution in [-0.4, -0.2) is 67.6 Å². The first-order valence-electron chi connectivity index (χ1n) is 14.2. The van der Waals surface area contributed by atoms with Crippen LogP contribution in [0.2, 0.25) is 0 Å². The summed E-state index contributed by atoms with van der Waals surface area (Å²) in [6.45, 7) is 1.27. The van der Waals surface area contributed by atoms with E-state index < -0.39 is 6.23 Å². The van der Waals surface area contributed by atoms with Gasteiger partial charge >= 0.3 is 0 Å². The van der Waals surface area contributed by atoms with E-state index >= 15 is 0 Å². The molecule has 4 aliphatic rings. The SMILES string of the molecule is NC(=O)C1CCCN1C(O)C1CC(n2cc(-c3cccc(OCC45CCC(CC4)O5)c3)c3c(N)ncnc32)C1. The van der Waals surface area contributed by atoms with Gasteiger partial charge in [0.25, 0.3) is 0 Å². The Labute approximate surface area is 227 Å². The first-order valence-corrected chi connectivity index (χ1v) is 14.2. The number of nitrogen functional groups attached to an aromatic ring is 1. The number of fused-ring (bicyclic) bond motifs is 3. The van der Waals surface area contributed by atoms with E-state index in [4.69, 9.17) is 20.9 Å². The molecule has 0 radical (unpaired) electrons. The lowest BCUT2D eigenvalue weighted by Gasteiger charge is -2.43. The van der Waals surface area contributed by atoms with Crippen LogP contribution in [0.5, 0.6) is 5.75 Å². The van der Waals surface area contributed by atoms with Gasteiger partial charge in [-0.1, -0.05) is 12.1 Å². The van der Waals surface area contributed by atoms with Gasteiger partial charge in [-0.05, 0) is 69.1 Å². The number of primary amides is 1. The minimum atomic E-state index is -0.672. The molecule has 5 N–H and O–H groups in total. The van der Waals surface area contributed by atoms with Gasteiger partial charge in [0, 0.05) is 30.3 Å². The summed E-state index contributed by atoms with van der Waals surface area (Å²) in [5.41, 5.74) is 14.6. The molecule has 1 saturated carbocycles. The van der Waals surface area contributed by atoms with Gasteiger partial charge in [0.15, 0.2) is 0 Å². The number of hydrogen-bond donors (Lipinski definition) is 3. The van der Waals surface area contributed by atoms with E-state index in [2.05, 4.69) is 26.8 Å². The highest BCUT2D eigenvalue weighted by Crippen LogP contribution is 2.46. The second kappa shape index (κ2) is 9.46. The lowest BCUT2D eigenvalue weighted by atomic mass is 9.78. The molecule has 3 aromatic rings. The van der Waals surface area contributed by atoms with Crippen LogP contribution in [0.3, 0.4) is 0 Å². The van der Waals surface area contributed by atoms with Crippen LogP contribution >= 0.6 is 0 Å². The van der Waals surface area contributed by atoms with Crippen molar-refractivity contribution in [2.75, 3.05) is 18.9 Å². The van der Waals surface area contributed by atoms with Gasteiger partial charge in [-0.25, -0.2) is 9.97 Å². The topological polar surface area (TPSA) is 142 Å². The van der Waals surface area contributed by atoms with Crippen molar-refractivity contribution in [1.29, 1.82) is 0 Å². The van der Waals surface area contributed by atoms with E-state index in [-0.39, 0.29) is 29.5 Å². The Hall–Kier alpha value is -3.21. The number of carbonyl (C=O) groups excluding carboxylic acids is 1. The van der Waals surface area contributed by atoms with Crippen LogP contribution in [-0.2, 0) is 9.53 Å². The summed E-state index contributed by atoms with van der Waals surface area (Å²) in [6.07, 6.45) is 10.9. The molecular formula is C29H36N6O4. The van der Waals surface area contributed by atoms with E-state index in [9.17, 15) is 9.90 Å². The molecule has 1 amide bonds. The van der Waals surface area contributed by atoms with Crippen LogP contribution in [0.1, 0.15) is 57.4 Å². The number of anilines is 1. The number of aliphatic hydroxyl groups excluding tert-OH is 1. The van der Waals surface area contributed by atoms with Crippen molar-refractivity contribution in [1.82, 2.24) is 19.4 Å². The summed E-state index contributed by atoms with van der Waals surface area (Å²) < 4.78 is 14.6. The number of nitrogens with two attached hydrogens (primary N) is 2. The van der Waals surface area contributed by atoms with Gasteiger partial charge in [0.05, 0.1) is 17.5 Å². The molecule has 2 bridgehead atoms. The van der Waals surface area contributed by atoms with E-state index in [1.54, 1.807) is 0 Å². The maximum absolute atomic E-state index is 11.8. The number of aliphatic hydroxyl groups is 1. The quantitative estimate of drug-likeness (QED) is 0.402. The Bertz CT molecular complexity index is 1390. The number of hydrogen-bond acceptors (Lipinski definition) is 8. The fraction of sp³-hybridized carbons (Fsp3) is 0.552. The van der Waals surface area contributed by atoms with E-state index in [1.807, 2.05) is 23.1 Å². The molecule has 1 aromatic carbocycles. The number of ether oxygens (including phenoxy) is 2. The minimum absolute atomic E-state index is 0.0686. The number of amides is 1. The second-order valence-corrected chi connectivity index (χ2v) is 11.8. The van der Waals surface area contributed by atoms with Crippen molar-refractivity contribution in [3.05, 3.63) is 36.8 Å². The molecule has 3 saturated heterocycles. The molecule has 2 unspecified atom stereocenters. The van der Waals surface area contributed by atoms with E-state index in [1.165, 1.54) is 6.33 Å². The average Bonchev–Trinajstić information content (AvgIpc) is 3.70. The van der Waals surface area contributed by atoms with Gasteiger partial charge in [-0.2, -0.15) is 0 Å². The maximum Gasteiger partial charge on any atom is 0.234 e. The Morgan fingerprint density at radius 3 is 2.79 bits per heavy atom. The average molecular weight is 533 g/mol. The van der Waals surface area contributed by atoms with Gasteiger partial charge in [-0.3, -0.25) is 9.69 Å². The van der Waals surface area contributed by atoms with Gasteiger partial charge in [-0.15, -0.1) is 0 Å². The predicted octanol–water partition coefficient (Wildman–Crippen LogP) is 2.99. The van der Waals surface area contributed by atoms with Crippen molar-refractivity contribution in [3.8, 4) is 16.9 Å². The van der Waals surface area contributed by atoms with Crippen LogP contribution < -0.4 is 16.2 Å². The summed E-state index contributed by atoms with van der Waals surface area (Å²) >= 11 is 0. The summed E-state index contributed by atoms with van der Waals surface area (Å²) in [4.78, 5) is 22.6. The molecule has 206 valence electrons. The maximum atomic E-state index is 11.8. The zero-order valence-corrected chi connectivity index (χ0v) is 22.0. The van der Waals surface area contributed by atoms with Crippen molar-refractivity contribution in [3.63, 3.8) is 0 Å². The summed E-state index contributed by atoms with van der Waals surface area (Å²) in [7, 11) is 0. The minimum Gasteiger partial charge on any atom is -0.491 e. The molecule has 3 aliphatic heterocycles. The van der Waals surface area contributed by atoms with Crippen LogP contribution in [0.4, 0.5) is 5.82 Å². The van der Waals surface area contributed by atoms with Crippen LogP contribution in [0, 0.1) is 5.92 Å². The third-order valence-electron chi connectivity index (χ3n) is 9.47. The molecule has 10 heteroatoms. The third kappa shape index (κ3) is 4.25. The molecule has 10 nitrogen and oxygen atoms in total. The molecule has 0 spiro atoms. The second-order valence-electron chi connectivity index (χ2n) is 11.8. The molecule has 1 aliphatic carbocycles. The fourth-order valence-corrected chi connectivity index (χ4v) is 7.24. The number of likely N-dealkylation sites (tertiary alicyclic amines) is 1. The van der Waals surface area contributed by atoms with Gasteiger partial charge < -0.3 is 30.6 Å². The zero-order valence-electron chi connectivity index (χ0n) is 22.0. The summed E-state index contributed by atoms with van der Waals surface area (Å²) in [5, 5.41) is 11.9. The Morgan fingerprint density at radius 1 is 1.23 bits per heavy atom. The molecule has 4 fully saturated rings. The first kappa shape index (κ1) is 24.8. The monoisotopic (exact) mass is 532 g/mol. The first-order chi connectivity index (χ1) is 18.9. The lowest BCUT2D eigenvalue weighted by Crippen LogP contribution is -2.51. The zero-order chi connectivity index (χ0) is 26.7. The van der Waals surface area contributed by atoms with Crippen LogP contribution in [0.15, 0.2) is 36.8 Å². The third-order valence-corrected chi connectivity index (χ3v) is 9.47. The summed E-state index contributed by atoms with van der Waals surface area (Å²) in [6, 6.07) is 7.87. The largest absolute Gasteiger partial charge is 0.491 e. The van der Waals surface area contributed by atoms with Crippen molar-refractivity contribution in [2.45, 2.75) is 81.4 Å². The van der Waals surface area contributed by atoms with Crippen LogP contribution in [0.25, 0.3) is 22.2 Å². The molecule has 2 atom stereocenters. The Morgan fingerprint density at radius 2 is 2.05 bits per heavy atom. The molecule has 2 aromatic heterocycles. The predicted molar refractivity (Wildman–Crippen MR) is 146 cm³/mol. The standard InChI is InChI=1S/C29H36N6O4/c30-25-24-22(17-3-1-4-21(13-17)38-15-29-8-6-20(39-29)7-9-29)14-35(27(24)33-16-32-25)19-11-18(12-19)28(37)34-10-2-5-23(34)26(31)36/h1,3-4,13-14,16,18-20,23,28,37H,2,5-12,15H2,(H2,31,36)(H2,30,32,33). The smallest absolute Gasteiger partial charge is 0.234 e. The number of benzene rings is 1. The van der Waals surface area contributed by atoms with E-state index in [0.29, 0.717) is 31.5 Å². The highest BCUT2D eigenvalue weighted by molar-refractivity contribution is 6.00.